The summed E-state index contributed by atoms with van der Waals surface area (Å²) in [5.41, 5.74) is 6.16. The molecule has 1 aromatic carbocycles. The lowest BCUT2D eigenvalue weighted by molar-refractivity contribution is -0.134. The van der Waals surface area contributed by atoms with Crippen LogP contribution in [0.15, 0.2) is 30.3 Å². The second-order valence-corrected chi connectivity index (χ2v) is 9.03. The molecule has 1 amide bonds. The van der Waals surface area contributed by atoms with E-state index < -0.39 is 23.6 Å². The number of nitrogens with two attached hydrogens (primary N) is 1. The summed E-state index contributed by atoms with van der Waals surface area (Å²) in [6.45, 7) is 8.14. The first-order valence-corrected chi connectivity index (χ1v) is 11.0. The van der Waals surface area contributed by atoms with Gasteiger partial charge in [0, 0.05) is 12.3 Å². The second-order valence-electron chi connectivity index (χ2n) is 9.03. The molecular formula is C24H36N2O4. The number of hydrogen-bond donors (Lipinski definition) is 2. The third-order valence-electron chi connectivity index (χ3n) is 5.60. The molecule has 0 radical (unpaired) electrons. The third-order valence-corrected chi connectivity index (χ3v) is 5.60. The SMILES string of the molecule is CCC[C@H](N)C(=O)C[C@@H](Cc1ccccc1)C(=O)N[C@@H](CC(C)C)C(=O)[C@@]1(C)CO1. The topological polar surface area (TPSA) is 102 Å². The van der Waals surface area contributed by atoms with E-state index in [-0.39, 0.29) is 29.8 Å². The summed E-state index contributed by atoms with van der Waals surface area (Å²) >= 11 is 0. The van der Waals surface area contributed by atoms with Crippen LogP contribution in [0.1, 0.15) is 58.9 Å². The van der Waals surface area contributed by atoms with Gasteiger partial charge in [-0.1, -0.05) is 57.5 Å². The molecule has 0 unspecified atom stereocenters. The highest BCUT2D eigenvalue weighted by molar-refractivity contribution is 5.97. The maximum absolute atomic E-state index is 13.2. The van der Waals surface area contributed by atoms with Crippen LogP contribution in [-0.2, 0) is 25.5 Å². The smallest absolute Gasteiger partial charge is 0.224 e. The molecule has 166 valence electrons. The van der Waals surface area contributed by atoms with Crippen LogP contribution in [0.5, 0.6) is 0 Å². The molecule has 6 nitrogen and oxygen atoms in total. The van der Waals surface area contributed by atoms with E-state index in [0.29, 0.717) is 25.9 Å². The van der Waals surface area contributed by atoms with Crippen LogP contribution in [0.4, 0.5) is 0 Å². The third kappa shape index (κ3) is 7.03. The van der Waals surface area contributed by atoms with Gasteiger partial charge in [0.15, 0.2) is 5.78 Å². The van der Waals surface area contributed by atoms with Gasteiger partial charge in [-0.05, 0) is 37.7 Å². The van der Waals surface area contributed by atoms with Gasteiger partial charge in [0.2, 0.25) is 5.91 Å². The number of hydrogen-bond acceptors (Lipinski definition) is 5. The fourth-order valence-corrected chi connectivity index (χ4v) is 3.63. The van der Waals surface area contributed by atoms with Crippen molar-refractivity contribution in [3.8, 4) is 0 Å². The number of benzene rings is 1. The van der Waals surface area contributed by atoms with Crippen LogP contribution in [-0.4, -0.2) is 41.8 Å². The largest absolute Gasteiger partial charge is 0.361 e. The minimum absolute atomic E-state index is 0.0677. The molecule has 0 spiro atoms. The summed E-state index contributed by atoms with van der Waals surface area (Å²) in [6, 6.07) is 8.42. The molecule has 0 aliphatic carbocycles. The van der Waals surface area contributed by atoms with Crippen LogP contribution < -0.4 is 11.1 Å². The summed E-state index contributed by atoms with van der Waals surface area (Å²) in [6.07, 6.45) is 2.44. The van der Waals surface area contributed by atoms with Crippen molar-refractivity contribution in [2.24, 2.45) is 17.6 Å². The first-order chi connectivity index (χ1) is 14.2. The summed E-state index contributed by atoms with van der Waals surface area (Å²) < 4.78 is 5.31. The molecule has 6 heteroatoms. The van der Waals surface area contributed by atoms with Gasteiger partial charge < -0.3 is 15.8 Å². The number of carbonyl (C=O) groups excluding carboxylic acids is 3. The second kappa shape index (κ2) is 10.8. The minimum atomic E-state index is -0.805. The Labute approximate surface area is 179 Å². The predicted octanol–water partition coefficient (Wildman–Crippen LogP) is 2.82. The molecule has 1 heterocycles. The van der Waals surface area contributed by atoms with Crippen molar-refractivity contribution in [2.45, 2.75) is 77.5 Å². The molecule has 4 atom stereocenters. The van der Waals surface area contributed by atoms with E-state index in [0.717, 1.165) is 12.0 Å². The molecule has 30 heavy (non-hydrogen) atoms. The van der Waals surface area contributed by atoms with E-state index in [1.807, 2.05) is 51.1 Å². The van der Waals surface area contributed by atoms with Gasteiger partial charge in [-0.25, -0.2) is 0 Å². The summed E-state index contributed by atoms with van der Waals surface area (Å²) in [4.78, 5) is 38.7. The fourth-order valence-electron chi connectivity index (χ4n) is 3.63. The van der Waals surface area contributed by atoms with Crippen LogP contribution in [0.2, 0.25) is 0 Å². The molecule has 1 aromatic rings. The van der Waals surface area contributed by atoms with E-state index in [2.05, 4.69) is 5.32 Å². The predicted molar refractivity (Wildman–Crippen MR) is 117 cm³/mol. The molecular weight excluding hydrogens is 380 g/mol. The number of ether oxygens (including phenoxy) is 1. The maximum Gasteiger partial charge on any atom is 0.224 e. The van der Waals surface area contributed by atoms with E-state index in [4.69, 9.17) is 10.5 Å². The molecule has 1 aliphatic heterocycles. The Morgan fingerprint density at radius 3 is 2.37 bits per heavy atom. The lowest BCUT2D eigenvalue weighted by atomic mass is 9.89. The highest BCUT2D eigenvalue weighted by atomic mass is 16.6. The Morgan fingerprint density at radius 1 is 1.20 bits per heavy atom. The standard InChI is InChI=1S/C24H36N2O4/c1-5-9-19(25)21(27)14-18(13-17-10-7-6-8-11-17)23(29)26-20(12-16(2)3)22(28)24(4)15-30-24/h6-8,10-11,16,18-20H,5,9,12-15,25H2,1-4H3,(H,26,29)/t18-,19+,20+,24-/m1/s1. The number of ketones is 2. The minimum Gasteiger partial charge on any atom is -0.361 e. The molecule has 0 saturated carbocycles. The number of carbonyl (C=O) groups is 3. The number of Topliss-reactive ketones (excluding diaryl/α,β-unsaturated/α-hetero) is 2. The monoisotopic (exact) mass is 416 g/mol. The Bertz CT molecular complexity index is 728. The van der Waals surface area contributed by atoms with Crippen LogP contribution in [0.3, 0.4) is 0 Å². The molecule has 0 aromatic heterocycles. The van der Waals surface area contributed by atoms with E-state index in [9.17, 15) is 14.4 Å². The fraction of sp³-hybridized carbons (Fsp3) is 0.625. The van der Waals surface area contributed by atoms with Crippen LogP contribution in [0.25, 0.3) is 0 Å². The maximum atomic E-state index is 13.2. The first-order valence-electron chi connectivity index (χ1n) is 11.0. The molecule has 2 rings (SSSR count). The van der Waals surface area contributed by atoms with Crippen LogP contribution in [0, 0.1) is 11.8 Å². The van der Waals surface area contributed by atoms with Gasteiger partial charge >= 0.3 is 0 Å². The Balaban J connectivity index is 2.16. The zero-order valence-corrected chi connectivity index (χ0v) is 18.6. The quantitative estimate of drug-likeness (QED) is 0.482. The average Bonchev–Trinajstić information content (AvgIpc) is 3.45. The van der Waals surface area contributed by atoms with E-state index in [1.165, 1.54) is 0 Å². The highest BCUT2D eigenvalue weighted by Gasteiger charge is 2.50. The zero-order valence-electron chi connectivity index (χ0n) is 18.6. The number of nitrogens with one attached hydrogen (secondary N) is 1. The average molecular weight is 417 g/mol. The van der Waals surface area contributed by atoms with Crippen molar-refractivity contribution in [1.82, 2.24) is 5.32 Å². The number of amides is 1. The number of epoxide rings is 1. The Kier molecular flexibility index (Phi) is 8.74. The van der Waals surface area contributed by atoms with E-state index in [1.54, 1.807) is 6.92 Å². The Morgan fingerprint density at radius 2 is 1.83 bits per heavy atom. The van der Waals surface area contributed by atoms with Gasteiger partial charge in [-0.15, -0.1) is 0 Å². The van der Waals surface area contributed by atoms with Crippen molar-refractivity contribution < 1.29 is 19.1 Å². The summed E-state index contributed by atoms with van der Waals surface area (Å²) in [5.74, 6) is -0.833. The van der Waals surface area contributed by atoms with Gasteiger partial charge in [0.05, 0.1) is 18.7 Å². The number of rotatable bonds is 13. The highest BCUT2D eigenvalue weighted by Crippen LogP contribution is 2.30. The van der Waals surface area contributed by atoms with Crippen molar-refractivity contribution in [3.05, 3.63) is 35.9 Å². The van der Waals surface area contributed by atoms with Crippen molar-refractivity contribution in [1.29, 1.82) is 0 Å². The normalized spacial score (nSPS) is 21.0. The zero-order chi connectivity index (χ0) is 22.3. The van der Waals surface area contributed by atoms with Gasteiger partial charge in [-0.3, -0.25) is 14.4 Å². The molecule has 1 fully saturated rings. The molecule has 1 saturated heterocycles. The Hall–Kier alpha value is -2.05. The molecule has 0 bridgehead atoms. The van der Waals surface area contributed by atoms with Crippen molar-refractivity contribution >= 4 is 17.5 Å². The molecule has 1 aliphatic rings. The van der Waals surface area contributed by atoms with Crippen molar-refractivity contribution in [3.63, 3.8) is 0 Å². The van der Waals surface area contributed by atoms with Gasteiger partial charge in [0.25, 0.3) is 0 Å². The lowest BCUT2D eigenvalue weighted by Gasteiger charge is -2.25. The van der Waals surface area contributed by atoms with E-state index >= 15 is 0 Å². The lowest BCUT2D eigenvalue weighted by Crippen LogP contribution is -2.49. The summed E-state index contributed by atoms with van der Waals surface area (Å²) in [5, 5.41) is 2.93. The van der Waals surface area contributed by atoms with Gasteiger partial charge in [-0.2, -0.15) is 0 Å². The summed E-state index contributed by atoms with van der Waals surface area (Å²) in [7, 11) is 0. The van der Waals surface area contributed by atoms with Gasteiger partial charge in [0.1, 0.15) is 11.4 Å². The molecule has 3 N–H and O–H groups in total. The van der Waals surface area contributed by atoms with Crippen LogP contribution >= 0.6 is 0 Å². The van der Waals surface area contributed by atoms with Crippen molar-refractivity contribution in [2.75, 3.05) is 6.61 Å². The first kappa shape index (κ1) is 24.2.